The Kier molecular flexibility index (Phi) is 4.12. The Balaban J connectivity index is 3.03. The molecule has 0 saturated heterocycles. The van der Waals surface area contributed by atoms with Crippen LogP contribution in [-0.2, 0) is 6.54 Å². The van der Waals surface area contributed by atoms with E-state index in [1.807, 2.05) is 0 Å². The highest BCUT2D eigenvalue weighted by Crippen LogP contribution is 2.26. The van der Waals surface area contributed by atoms with Crippen molar-refractivity contribution in [2.75, 3.05) is 18.1 Å². The van der Waals surface area contributed by atoms with Crippen LogP contribution in [0.1, 0.15) is 12.5 Å². The van der Waals surface area contributed by atoms with Crippen LogP contribution in [0.25, 0.3) is 0 Å². The van der Waals surface area contributed by atoms with Gasteiger partial charge in [0.1, 0.15) is 0 Å². The number of thioether (sulfide) groups is 1. The van der Waals surface area contributed by atoms with E-state index in [4.69, 9.17) is 5.73 Å². The Labute approximate surface area is 83.9 Å². The molecule has 0 aliphatic heterocycles. The zero-order chi connectivity index (χ0) is 9.68. The van der Waals surface area contributed by atoms with Crippen molar-refractivity contribution in [3.63, 3.8) is 0 Å². The van der Waals surface area contributed by atoms with Crippen molar-refractivity contribution in [1.29, 1.82) is 0 Å². The van der Waals surface area contributed by atoms with Gasteiger partial charge in [0.15, 0.2) is 0 Å². The molecule has 13 heavy (non-hydrogen) atoms. The molecule has 0 amide bonds. The lowest BCUT2D eigenvalue weighted by Gasteiger charge is -2.12. The summed E-state index contributed by atoms with van der Waals surface area (Å²) in [5, 5.41) is 3.31. The molecule has 1 rings (SSSR count). The van der Waals surface area contributed by atoms with Crippen LogP contribution in [0.15, 0.2) is 23.1 Å². The molecule has 0 unspecified atom stereocenters. The van der Waals surface area contributed by atoms with E-state index >= 15 is 0 Å². The highest BCUT2D eigenvalue weighted by Gasteiger charge is 2.04. The molecule has 3 N–H and O–H groups in total. The summed E-state index contributed by atoms with van der Waals surface area (Å²) >= 11 is 1.74. The number of hydrogen-bond acceptors (Lipinski definition) is 3. The predicted molar refractivity (Wildman–Crippen MR) is 60.3 cm³/mol. The molecule has 3 heteroatoms. The van der Waals surface area contributed by atoms with Crippen molar-refractivity contribution in [2.45, 2.75) is 18.4 Å². The molecule has 0 aromatic heterocycles. The summed E-state index contributed by atoms with van der Waals surface area (Å²) in [5.74, 6) is 0. The van der Waals surface area contributed by atoms with Crippen molar-refractivity contribution in [3.05, 3.63) is 23.8 Å². The van der Waals surface area contributed by atoms with Crippen molar-refractivity contribution >= 4 is 17.4 Å². The van der Waals surface area contributed by atoms with Crippen LogP contribution < -0.4 is 11.1 Å². The van der Waals surface area contributed by atoms with Gasteiger partial charge >= 0.3 is 0 Å². The summed E-state index contributed by atoms with van der Waals surface area (Å²) in [5.41, 5.74) is 8.09. The van der Waals surface area contributed by atoms with E-state index in [9.17, 15) is 0 Å². The summed E-state index contributed by atoms with van der Waals surface area (Å²) in [6.07, 6.45) is 2.07. The van der Waals surface area contributed by atoms with E-state index in [0.29, 0.717) is 6.54 Å². The molecule has 0 saturated carbocycles. The molecule has 0 atom stereocenters. The van der Waals surface area contributed by atoms with Crippen LogP contribution in [0, 0.1) is 0 Å². The van der Waals surface area contributed by atoms with Crippen molar-refractivity contribution in [3.8, 4) is 0 Å². The van der Waals surface area contributed by atoms with Gasteiger partial charge in [0.2, 0.25) is 0 Å². The first-order valence-corrected chi connectivity index (χ1v) is 5.65. The largest absolute Gasteiger partial charge is 0.385 e. The molecule has 0 aliphatic carbocycles. The molecule has 0 heterocycles. The summed E-state index contributed by atoms with van der Waals surface area (Å²) in [6, 6.07) is 6.24. The maximum Gasteiger partial charge on any atom is 0.0396 e. The first-order valence-electron chi connectivity index (χ1n) is 4.43. The minimum absolute atomic E-state index is 0.597. The Morgan fingerprint density at radius 1 is 1.46 bits per heavy atom. The van der Waals surface area contributed by atoms with Crippen LogP contribution in [0.5, 0.6) is 0 Å². The van der Waals surface area contributed by atoms with E-state index in [-0.39, 0.29) is 0 Å². The number of hydrogen-bond donors (Lipinski definition) is 2. The van der Waals surface area contributed by atoms with E-state index in [1.54, 1.807) is 11.8 Å². The van der Waals surface area contributed by atoms with Gasteiger partial charge < -0.3 is 11.1 Å². The Hall–Kier alpha value is -0.670. The fraction of sp³-hybridized carbons (Fsp3) is 0.400. The average Bonchev–Trinajstić information content (AvgIpc) is 2.18. The maximum absolute atomic E-state index is 5.70. The molecule has 1 aromatic rings. The van der Waals surface area contributed by atoms with Crippen molar-refractivity contribution in [1.82, 2.24) is 0 Å². The van der Waals surface area contributed by atoms with E-state index in [1.165, 1.54) is 10.5 Å². The Morgan fingerprint density at radius 3 is 2.77 bits per heavy atom. The van der Waals surface area contributed by atoms with Crippen LogP contribution in [0.2, 0.25) is 0 Å². The number of nitrogens with one attached hydrogen (secondary N) is 1. The fourth-order valence-corrected chi connectivity index (χ4v) is 1.98. The SMILES string of the molecule is CCNc1cccc(SC)c1CN. The number of nitrogens with two attached hydrogens (primary N) is 1. The highest BCUT2D eigenvalue weighted by atomic mass is 32.2. The lowest BCUT2D eigenvalue weighted by atomic mass is 10.2. The molecule has 0 bridgehead atoms. The van der Waals surface area contributed by atoms with Gasteiger partial charge in [0.25, 0.3) is 0 Å². The van der Waals surface area contributed by atoms with Crippen LogP contribution in [0.3, 0.4) is 0 Å². The van der Waals surface area contributed by atoms with E-state index < -0.39 is 0 Å². The third kappa shape index (κ3) is 2.39. The molecule has 0 fully saturated rings. The van der Waals surface area contributed by atoms with Crippen LogP contribution in [0.4, 0.5) is 5.69 Å². The zero-order valence-electron chi connectivity index (χ0n) is 8.13. The number of anilines is 1. The lowest BCUT2D eigenvalue weighted by Crippen LogP contribution is -2.06. The third-order valence-corrected chi connectivity index (χ3v) is 2.75. The first kappa shape index (κ1) is 10.4. The van der Waals surface area contributed by atoms with Gasteiger partial charge in [-0.15, -0.1) is 11.8 Å². The second-order valence-electron chi connectivity index (χ2n) is 2.72. The minimum atomic E-state index is 0.597. The van der Waals surface area contributed by atoms with Gasteiger partial charge in [0.05, 0.1) is 0 Å². The van der Waals surface area contributed by atoms with Gasteiger partial charge in [-0.3, -0.25) is 0 Å². The van der Waals surface area contributed by atoms with Crippen molar-refractivity contribution in [2.24, 2.45) is 5.73 Å². The standard InChI is InChI=1S/C10H16N2S/c1-3-12-9-5-4-6-10(13-2)8(9)7-11/h4-6,12H,3,7,11H2,1-2H3. The molecular formula is C10H16N2S. The molecule has 1 aromatic carbocycles. The van der Waals surface area contributed by atoms with Gasteiger partial charge in [-0.25, -0.2) is 0 Å². The summed E-state index contributed by atoms with van der Waals surface area (Å²) < 4.78 is 0. The lowest BCUT2D eigenvalue weighted by molar-refractivity contribution is 1.02. The Bertz CT molecular complexity index is 274. The van der Waals surface area contributed by atoms with Crippen molar-refractivity contribution < 1.29 is 0 Å². The normalized spacial score (nSPS) is 10.1. The molecule has 2 nitrogen and oxygen atoms in total. The number of benzene rings is 1. The molecular weight excluding hydrogens is 180 g/mol. The monoisotopic (exact) mass is 196 g/mol. The van der Waals surface area contributed by atoms with Crippen LogP contribution in [-0.4, -0.2) is 12.8 Å². The van der Waals surface area contributed by atoms with Gasteiger partial charge in [0, 0.05) is 29.2 Å². The first-order chi connectivity index (χ1) is 6.33. The highest BCUT2D eigenvalue weighted by molar-refractivity contribution is 7.98. The smallest absolute Gasteiger partial charge is 0.0396 e. The maximum atomic E-state index is 5.70. The zero-order valence-corrected chi connectivity index (χ0v) is 8.95. The minimum Gasteiger partial charge on any atom is -0.385 e. The molecule has 72 valence electrons. The van der Waals surface area contributed by atoms with E-state index in [0.717, 1.165) is 12.2 Å². The quantitative estimate of drug-likeness (QED) is 0.726. The van der Waals surface area contributed by atoms with Crippen LogP contribution >= 0.6 is 11.8 Å². The molecule has 0 radical (unpaired) electrons. The summed E-state index contributed by atoms with van der Waals surface area (Å²) in [4.78, 5) is 1.26. The molecule has 0 aliphatic rings. The Morgan fingerprint density at radius 2 is 2.23 bits per heavy atom. The fourth-order valence-electron chi connectivity index (χ4n) is 1.32. The second kappa shape index (κ2) is 5.14. The second-order valence-corrected chi connectivity index (χ2v) is 3.57. The summed E-state index contributed by atoms with van der Waals surface area (Å²) in [6.45, 7) is 3.62. The predicted octanol–water partition coefficient (Wildman–Crippen LogP) is 2.30. The third-order valence-electron chi connectivity index (χ3n) is 1.92. The van der Waals surface area contributed by atoms with Gasteiger partial charge in [-0.05, 0) is 25.3 Å². The van der Waals surface area contributed by atoms with E-state index in [2.05, 4.69) is 36.7 Å². The average molecular weight is 196 g/mol. The number of rotatable bonds is 4. The van der Waals surface area contributed by atoms with Gasteiger partial charge in [-0.1, -0.05) is 6.07 Å². The molecule has 0 spiro atoms. The topological polar surface area (TPSA) is 38.0 Å². The summed E-state index contributed by atoms with van der Waals surface area (Å²) in [7, 11) is 0. The van der Waals surface area contributed by atoms with Gasteiger partial charge in [-0.2, -0.15) is 0 Å².